The van der Waals surface area contributed by atoms with Gasteiger partial charge in [-0.15, -0.1) is 0 Å². The summed E-state index contributed by atoms with van der Waals surface area (Å²) in [7, 11) is 0. The summed E-state index contributed by atoms with van der Waals surface area (Å²) < 4.78 is 11.8. The standard InChI is InChI=1S/C17H26BrNO2/c1-13(2)7-5-3-4-6-8-19-11-14-9-15(18)17-16(10-14)20-12-21-17/h9-10,13,19H,3-8,11-12H2,1-2H3. The molecule has 3 nitrogen and oxygen atoms in total. The molecule has 0 saturated carbocycles. The van der Waals surface area contributed by atoms with E-state index in [1.54, 1.807) is 0 Å². The summed E-state index contributed by atoms with van der Waals surface area (Å²) in [5, 5.41) is 3.50. The predicted molar refractivity (Wildman–Crippen MR) is 89.9 cm³/mol. The molecule has 2 rings (SSSR count). The zero-order valence-corrected chi connectivity index (χ0v) is 14.7. The van der Waals surface area contributed by atoms with E-state index >= 15 is 0 Å². The minimum absolute atomic E-state index is 0.321. The zero-order valence-electron chi connectivity index (χ0n) is 13.1. The lowest BCUT2D eigenvalue weighted by atomic mass is 10.0. The van der Waals surface area contributed by atoms with Crippen LogP contribution in [-0.2, 0) is 6.54 Å². The van der Waals surface area contributed by atoms with Crippen molar-refractivity contribution in [3.05, 3.63) is 22.2 Å². The van der Waals surface area contributed by atoms with E-state index in [4.69, 9.17) is 9.47 Å². The first-order valence-corrected chi connectivity index (χ1v) is 8.75. The van der Waals surface area contributed by atoms with Gasteiger partial charge in [-0.3, -0.25) is 0 Å². The Morgan fingerprint density at radius 3 is 2.76 bits per heavy atom. The maximum Gasteiger partial charge on any atom is 0.231 e. The Morgan fingerprint density at radius 1 is 1.14 bits per heavy atom. The van der Waals surface area contributed by atoms with Crippen molar-refractivity contribution in [2.24, 2.45) is 5.92 Å². The number of hydrogen-bond donors (Lipinski definition) is 1. The lowest BCUT2D eigenvalue weighted by Crippen LogP contribution is -2.14. The molecule has 1 heterocycles. The Hall–Kier alpha value is -0.740. The van der Waals surface area contributed by atoms with Crippen LogP contribution in [0.1, 0.15) is 51.5 Å². The van der Waals surface area contributed by atoms with Crippen LogP contribution in [0.15, 0.2) is 16.6 Å². The molecule has 21 heavy (non-hydrogen) atoms. The fraction of sp³-hybridized carbons (Fsp3) is 0.647. The lowest BCUT2D eigenvalue weighted by Gasteiger charge is -2.08. The van der Waals surface area contributed by atoms with E-state index < -0.39 is 0 Å². The molecule has 0 radical (unpaired) electrons. The maximum absolute atomic E-state index is 5.43. The third-order valence-corrected chi connectivity index (χ3v) is 4.29. The Labute approximate surface area is 136 Å². The SMILES string of the molecule is CC(C)CCCCCCNCc1cc(Br)c2c(c1)OCO2. The van der Waals surface area contributed by atoms with E-state index in [0.717, 1.165) is 35.0 Å². The van der Waals surface area contributed by atoms with Gasteiger partial charge in [0.05, 0.1) is 4.47 Å². The van der Waals surface area contributed by atoms with E-state index in [0.29, 0.717) is 6.79 Å². The number of fused-ring (bicyclic) bond motifs is 1. The number of nitrogens with one attached hydrogen (secondary N) is 1. The van der Waals surface area contributed by atoms with Crippen molar-refractivity contribution in [2.45, 2.75) is 52.5 Å². The zero-order chi connectivity index (χ0) is 15.1. The van der Waals surface area contributed by atoms with Crippen molar-refractivity contribution >= 4 is 15.9 Å². The summed E-state index contributed by atoms with van der Waals surface area (Å²) >= 11 is 3.53. The molecule has 1 N–H and O–H groups in total. The molecule has 0 bridgehead atoms. The van der Waals surface area contributed by atoms with E-state index in [-0.39, 0.29) is 0 Å². The number of benzene rings is 1. The molecule has 0 fully saturated rings. The summed E-state index contributed by atoms with van der Waals surface area (Å²) in [5.74, 6) is 2.51. The van der Waals surface area contributed by atoms with Crippen LogP contribution in [0.25, 0.3) is 0 Å². The average Bonchev–Trinajstić information content (AvgIpc) is 2.90. The molecule has 0 aromatic heterocycles. The largest absolute Gasteiger partial charge is 0.454 e. The fourth-order valence-electron chi connectivity index (χ4n) is 2.51. The molecular weight excluding hydrogens is 330 g/mol. The summed E-state index contributed by atoms with van der Waals surface area (Å²) in [6.45, 7) is 6.87. The topological polar surface area (TPSA) is 30.5 Å². The molecule has 0 saturated heterocycles. The van der Waals surface area contributed by atoms with Crippen LogP contribution >= 0.6 is 15.9 Å². The van der Waals surface area contributed by atoms with Gasteiger partial charge in [0, 0.05) is 6.54 Å². The molecule has 1 aromatic carbocycles. The minimum Gasteiger partial charge on any atom is -0.454 e. The number of ether oxygens (including phenoxy) is 2. The quantitative estimate of drug-likeness (QED) is 0.640. The van der Waals surface area contributed by atoms with Crippen molar-refractivity contribution in [3.63, 3.8) is 0 Å². The first-order chi connectivity index (χ1) is 10.2. The van der Waals surface area contributed by atoms with Crippen LogP contribution < -0.4 is 14.8 Å². The highest BCUT2D eigenvalue weighted by Crippen LogP contribution is 2.39. The Morgan fingerprint density at radius 2 is 1.95 bits per heavy atom. The smallest absolute Gasteiger partial charge is 0.231 e. The highest BCUT2D eigenvalue weighted by atomic mass is 79.9. The molecule has 0 aliphatic carbocycles. The summed E-state index contributed by atoms with van der Waals surface area (Å²) in [5.41, 5.74) is 1.23. The molecule has 4 heteroatoms. The molecule has 1 aromatic rings. The number of unbranched alkanes of at least 4 members (excludes halogenated alkanes) is 3. The van der Waals surface area contributed by atoms with Crippen molar-refractivity contribution < 1.29 is 9.47 Å². The second-order valence-electron chi connectivity index (χ2n) is 6.08. The van der Waals surface area contributed by atoms with Crippen LogP contribution in [0.2, 0.25) is 0 Å². The highest BCUT2D eigenvalue weighted by Gasteiger charge is 2.17. The van der Waals surface area contributed by atoms with Crippen molar-refractivity contribution in [1.29, 1.82) is 0 Å². The van der Waals surface area contributed by atoms with Gasteiger partial charge in [0.1, 0.15) is 0 Å². The van der Waals surface area contributed by atoms with Crippen molar-refractivity contribution in [2.75, 3.05) is 13.3 Å². The number of rotatable bonds is 9. The fourth-order valence-corrected chi connectivity index (χ4v) is 3.12. The second-order valence-corrected chi connectivity index (χ2v) is 6.94. The van der Waals surface area contributed by atoms with E-state index in [2.05, 4.69) is 47.2 Å². The van der Waals surface area contributed by atoms with Crippen LogP contribution in [-0.4, -0.2) is 13.3 Å². The molecular formula is C17H26BrNO2. The van der Waals surface area contributed by atoms with Crippen LogP contribution in [0, 0.1) is 5.92 Å². The Balaban J connectivity index is 1.60. The van der Waals surface area contributed by atoms with Gasteiger partial charge in [-0.2, -0.15) is 0 Å². The van der Waals surface area contributed by atoms with Gasteiger partial charge in [-0.1, -0.05) is 39.5 Å². The van der Waals surface area contributed by atoms with Gasteiger partial charge < -0.3 is 14.8 Å². The third-order valence-electron chi connectivity index (χ3n) is 3.70. The summed E-state index contributed by atoms with van der Waals surface area (Å²) in [6.07, 6.45) is 6.66. The van der Waals surface area contributed by atoms with Crippen LogP contribution in [0.3, 0.4) is 0 Å². The van der Waals surface area contributed by atoms with Gasteiger partial charge in [0.2, 0.25) is 6.79 Å². The predicted octanol–water partition coefficient (Wildman–Crippen LogP) is 4.87. The van der Waals surface area contributed by atoms with E-state index in [1.807, 2.05) is 0 Å². The first-order valence-electron chi connectivity index (χ1n) is 7.95. The molecule has 0 unspecified atom stereocenters. The van der Waals surface area contributed by atoms with Crippen LogP contribution in [0.5, 0.6) is 11.5 Å². The Bertz CT molecular complexity index is 449. The van der Waals surface area contributed by atoms with E-state index in [9.17, 15) is 0 Å². The normalized spacial score (nSPS) is 13.1. The minimum atomic E-state index is 0.321. The molecule has 0 atom stereocenters. The molecule has 1 aliphatic heterocycles. The molecule has 118 valence electrons. The van der Waals surface area contributed by atoms with Crippen LogP contribution in [0.4, 0.5) is 0 Å². The lowest BCUT2D eigenvalue weighted by molar-refractivity contribution is 0.173. The van der Waals surface area contributed by atoms with Gasteiger partial charge in [0.25, 0.3) is 0 Å². The average molecular weight is 356 g/mol. The van der Waals surface area contributed by atoms with Crippen molar-refractivity contribution in [3.8, 4) is 11.5 Å². The summed E-state index contributed by atoms with van der Waals surface area (Å²) in [4.78, 5) is 0. The molecule has 0 spiro atoms. The number of hydrogen-bond acceptors (Lipinski definition) is 3. The number of halogens is 1. The molecule has 1 aliphatic rings. The van der Waals surface area contributed by atoms with Gasteiger partial charge in [0.15, 0.2) is 11.5 Å². The van der Waals surface area contributed by atoms with Gasteiger partial charge >= 0.3 is 0 Å². The Kier molecular flexibility index (Phi) is 6.84. The third kappa shape index (κ3) is 5.51. The maximum atomic E-state index is 5.43. The van der Waals surface area contributed by atoms with Gasteiger partial charge in [-0.05, 0) is 52.5 Å². The second kappa shape index (κ2) is 8.64. The first kappa shape index (κ1) is 16.6. The monoisotopic (exact) mass is 355 g/mol. The van der Waals surface area contributed by atoms with Gasteiger partial charge in [-0.25, -0.2) is 0 Å². The van der Waals surface area contributed by atoms with Crippen molar-refractivity contribution in [1.82, 2.24) is 5.32 Å². The summed E-state index contributed by atoms with van der Waals surface area (Å²) in [6, 6.07) is 4.16. The van der Waals surface area contributed by atoms with E-state index in [1.165, 1.54) is 37.7 Å². The molecule has 0 amide bonds. The highest BCUT2D eigenvalue weighted by molar-refractivity contribution is 9.10.